The van der Waals surface area contributed by atoms with Gasteiger partial charge in [-0.15, -0.1) is 0 Å². The maximum absolute atomic E-state index is 6.06. The molecule has 0 fully saturated rings. The van der Waals surface area contributed by atoms with E-state index in [-0.39, 0.29) is 0 Å². The number of benzene rings is 2. The summed E-state index contributed by atoms with van der Waals surface area (Å²) in [7, 11) is 0. The number of aromatic nitrogens is 2. The largest absolute Gasteiger partial charge is 0.383 e. The first-order valence-corrected chi connectivity index (χ1v) is 6.82. The van der Waals surface area contributed by atoms with Crippen LogP contribution in [0.4, 0.5) is 5.82 Å². The molecule has 100 valence electrons. The molecule has 2 N–H and O–H groups in total. The van der Waals surface area contributed by atoms with Crippen molar-refractivity contribution in [2.24, 2.45) is 0 Å². The van der Waals surface area contributed by atoms with Crippen LogP contribution in [-0.4, -0.2) is 9.97 Å². The summed E-state index contributed by atoms with van der Waals surface area (Å²) in [6, 6.07) is 14.4. The van der Waals surface area contributed by atoms with Crippen molar-refractivity contribution >= 4 is 16.6 Å². The van der Waals surface area contributed by atoms with Gasteiger partial charge in [0, 0.05) is 16.8 Å². The Morgan fingerprint density at radius 1 is 1.00 bits per heavy atom. The summed E-state index contributed by atoms with van der Waals surface area (Å²) < 4.78 is 0. The highest BCUT2D eigenvalue weighted by Crippen LogP contribution is 2.27. The molecule has 0 spiro atoms. The Kier molecular flexibility index (Phi) is 3.11. The lowest BCUT2D eigenvalue weighted by Crippen LogP contribution is -2.04. The van der Waals surface area contributed by atoms with Crippen LogP contribution in [0.5, 0.6) is 0 Å². The molecule has 3 nitrogen and oxygen atoms in total. The second-order valence-corrected chi connectivity index (χ2v) is 4.88. The second kappa shape index (κ2) is 4.93. The molecule has 0 aliphatic rings. The van der Waals surface area contributed by atoms with Crippen LogP contribution < -0.4 is 5.73 Å². The third-order valence-electron chi connectivity index (χ3n) is 3.63. The highest BCUT2D eigenvalue weighted by molar-refractivity contribution is 5.95. The Labute approximate surface area is 118 Å². The fourth-order valence-electron chi connectivity index (χ4n) is 2.60. The van der Waals surface area contributed by atoms with E-state index in [1.807, 2.05) is 31.2 Å². The summed E-state index contributed by atoms with van der Waals surface area (Å²) in [6.45, 7) is 4.06. The number of aryl methyl sites for hydroxylation is 1. The highest BCUT2D eigenvalue weighted by Gasteiger charge is 2.11. The molecule has 0 aliphatic heterocycles. The van der Waals surface area contributed by atoms with Gasteiger partial charge in [-0.05, 0) is 24.1 Å². The molecule has 0 saturated heterocycles. The molecule has 20 heavy (non-hydrogen) atoms. The molecule has 0 radical (unpaired) electrons. The van der Waals surface area contributed by atoms with Gasteiger partial charge in [-0.1, -0.05) is 49.4 Å². The Morgan fingerprint density at radius 2 is 1.75 bits per heavy atom. The minimum atomic E-state index is 0.586. The topological polar surface area (TPSA) is 51.8 Å². The van der Waals surface area contributed by atoms with E-state index in [9.17, 15) is 0 Å². The van der Waals surface area contributed by atoms with E-state index in [0.29, 0.717) is 11.6 Å². The fraction of sp³-hybridized carbons (Fsp3) is 0.176. The van der Waals surface area contributed by atoms with E-state index < -0.39 is 0 Å². The Morgan fingerprint density at radius 3 is 2.50 bits per heavy atom. The number of anilines is 1. The van der Waals surface area contributed by atoms with Crippen LogP contribution in [0, 0.1) is 6.92 Å². The monoisotopic (exact) mass is 263 g/mol. The molecule has 2 aromatic carbocycles. The molecule has 0 saturated carbocycles. The zero-order chi connectivity index (χ0) is 14.1. The second-order valence-electron chi connectivity index (χ2n) is 4.88. The molecular weight excluding hydrogens is 246 g/mol. The third-order valence-corrected chi connectivity index (χ3v) is 3.63. The van der Waals surface area contributed by atoms with Gasteiger partial charge in [0.2, 0.25) is 0 Å². The van der Waals surface area contributed by atoms with Gasteiger partial charge < -0.3 is 5.73 Å². The predicted octanol–water partition coefficient (Wildman–Crippen LogP) is 3.75. The van der Waals surface area contributed by atoms with E-state index in [4.69, 9.17) is 5.73 Å². The molecule has 1 heterocycles. The summed E-state index contributed by atoms with van der Waals surface area (Å²) >= 11 is 0. The Hall–Kier alpha value is -2.42. The zero-order valence-electron chi connectivity index (χ0n) is 11.7. The number of fused-ring (bicyclic) bond motifs is 1. The van der Waals surface area contributed by atoms with Gasteiger partial charge in [-0.2, -0.15) is 0 Å². The van der Waals surface area contributed by atoms with Gasteiger partial charge in [0.25, 0.3) is 0 Å². The van der Waals surface area contributed by atoms with Crippen LogP contribution in [0.2, 0.25) is 0 Å². The molecule has 3 aromatic rings. The molecule has 0 bridgehead atoms. The minimum absolute atomic E-state index is 0.586. The van der Waals surface area contributed by atoms with Crippen molar-refractivity contribution in [1.82, 2.24) is 9.97 Å². The fourth-order valence-corrected chi connectivity index (χ4v) is 2.60. The molecule has 1 aromatic heterocycles. The van der Waals surface area contributed by atoms with Crippen molar-refractivity contribution < 1.29 is 0 Å². The van der Waals surface area contributed by atoms with E-state index in [1.54, 1.807) is 0 Å². The van der Waals surface area contributed by atoms with E-state index >= 15 is 0 Å². The van der Waals surface area contributed by atoms with Gasteiger partial charge in [-0.3, -0.25) is 0 Å². The lowest BCUT2D eigenvalue weighted by Gasteiger charge is -2.10. The molecule has 3 rings (SSSR count). The van der Waals surface area contributed by atoms with Crippen LogP contribution in [-0.2, 0) is 6.42 Å². The zero-order valence-corrected chi connectivity index (χ0v) is 11.7. The van der Waals surface area contributed by atoms with Crippen LogP contribution in [0.3, 0.4) is 0 Å². The van der Waals surface area contributed by atoms with E-state index in [0.717, 1.165) is 28.6 Å². The minimum Gasteiger partial charge on any atom is -0.383 e. The summed E-state index contributed by atoms with van der Waals surface area (Å²) in [5.41, 5.74) is 9.09. The molecular formula is C17H17N3. The smallest absolute Gasteiger partial charge is 0.162 e. The van der Waals surface area contributed by atoms with Crippen LogP contribution in [0.1, 0.15) is 18.2 Å². The van der Waals surface area contributed by atoms with Crippen molar-refractivity contribution in [1.29, 1.82) is 0 Å². The van der Waals surface area contributed by atoms with Gasteiger partial charge >= 0.3 is 0 Å². The summed E-state index contributed by atoms with van der Waals surface area (Å²) in [5.74, 6) is 1.29. The molecule has 0 amide bonds. The van der Waals surface area contributed by atoms with Crippen molar-refractivity contribution in [3.8, 4) is 11.4 Å². The van der Waals surface area contributed by atoms with Crippen molar-refractivity contribution in [3.63, 3.8) is 0 Å². The Bertz CT molecular complexity index is 750. The highest BCUT2D eigenvalue weighted by atomic mass is 15.0. The maximum atomic E-state index is 6.06. The molecule has 3 heteroatoms. The number of rotatable bonds is 2. The number of hydrogen-bond donors (Lipinski definition) is 1. The standard InChI is InChI=1S/C17H17N3/c1-3-13-11(2)19-17(20-16(13)18)15-10-6-8-12-7-4-5-9-14(12)15/h4-10H,3H2,1-2H3,(H2,18,19,20). The van der Waals surface area contributed by atoms with Gasteiger partial charge in [0.05, 0.1) is 0 Å². The van der Waals surface area contributed by atoms with Crippen LogP contribution in [0.25, 0.3) is 22.2 Å². The first kappa shape index (κ1) is 12.6. The SMILES string of the molecule is CCc1c(C)nc(-c2cccc3ccccc23)nc1N. The molecule has 0 aliphatic carbocycles. The summed E-state index contributed by atoms with van der Waals surface area (Å²) in [6.07, 6.45) is 0.855. The van der Waals surface area contributed by atoms with Crippen molar-refractivity contribution in [2.75, 3.05) is 5.73 Å². The van der Waals surface area contributed by atoms with Gasteiger partial charge in [-0.25, -0.2) is 9.97 Å². The van der Waals surface area contributed by atoms with E-state index in [1.165, 1.54) is 5.39 Å². The van der Waals surface area contributed by atoms with E-state index in [2.05, 4.69) is 35.1 Å². The first-order valence-electron chi connectivity index (χ1n) is 6.82. The molecule has 0 unspecified atom stereocenters. The Balaban J connectivity index is 2.26. The van der Waals surface area contributed by atoms with Gasteiger partial charge in [0.15, 0.2) is 5.82 Å². The number of nitrogens with two attached hydrogens (primary N) is 1. The van der Waals surface area contributed by atoms with Crippen LogP contribution >= 0.6 is 0 Å². The van der Waals surface area contributed by atoms with Gasteiger partial charge in [0.1, 0.15) is 5.82 Å². The van der Waals surface area contributed by atoms with Crippen LogP contribution in [0.15, 0.2) is 42.5 Å². The van der Waals surface area contributed by atoms with Crippen molar-refractivity contribution in [2.45, 2.75) is 20.3 Å². The molecule has 0 atom stereocenters. The maximum Gasteiger partial charge on any atom is 0.162 e. The summed E-state index contributed by atoms with van der Waals surface area (Å²) in [4.78, 5) is 9.13. The first-order chi connectivity index (χ1) is 9.70. The average Bonchev–Trinajstić information content (AvgIpc) is 2.46. The third kappa shape index (κ3) is 2.01. The summed E-state index contributed by atoms with van der Waals surface area (Å²) in [5, 5.41) is 2.34. The average molecular weight is 263 g/mol. The lowest BCUT2D eigenvalue weighted by atomic mass is 10.0. The normalized spacial score (nSPS) is 10.9. The number of nitrogens with zero attached hydrogens (tertiary/aromatic N) is 2. The predicted molar refractivity (Wildman–Crippen MR) is 83.5 cm³/mol. The van der Waals surface area contributed by atoms with Crippen molar-refractivity contribution in [3.05, 3.63) is 53.7 Å². The number of hydrogen-bond acceptors (Lipinski definition) is 3. The lowest BCUT2D eigenvalue weighted by molar-refractivity contribution is 1.01. The quantitative estimate of drug-likeness (QED) is 0.766. The number of nitrogen functional groups attached to an aromatic ring is 1.